The van der Waals surface area contributed by atoms with Crippen molar-refractivity contribution in [3.63, 3.8) is 0 Å². The molecule has 0 bridgehead atoms. The van der Waals surface area contributed by atoms with E-state index in [9.17, 15) is 9.59 Å². The van der Waals surface area contributed by atoms with Gasteiger partial charge in [0.1, 0.15) is 4.88 Å². The SMILES string of the molecule is O=C(c1sc2ccccc2c1Cl)N1CCN(Cc2cc(=O)n3ccsc3n2)CC1. The van der Waals surface area contributed by atoms with E-state index in [1.165, 1.54) is 22.7 Å². The van der Waals surface area contributed by atoms with Crippen LogP contribution in [-0.4, -0.2) is 51.3 Å². The number of benzene rings is 1. The van der Waals surface area contributed by atoms with Crippen LogP contribution in [0.15, 0.2) is 46.7 Å². The lowest BCUT2D eigenvalue weighted by Gasteiger charge is -2.34. The maximum atomic E-state index is 13.0. The van der Waals surface area contributed by atoms with Crippen LogP contribution in [0, 0.1) is 0 Å². The van der Waals surface area contributed by atoms with Gasteiger partial charge in [0.25, 0.3) is 11.5 Å². The Morgan fingerprint density at radius 3 is 2.76 bits per heavy atom. The highest BCUT2D eigenvalue weighted by atomic mass is 35.5. The van der Waals surface area contributed by atoms with Crippen LogP contribution < -0.4 is 5.56 Å². The van der Waals surface area contributed by atoms with Gasteiger partial charge in [-0.2, -0.15) is 0 Å². The number of nitrogens with zero attached hydrogens (tertiary/aromatic N) is 4. The fourth-order valence-corrected chi connectivity index (χ4v) is 5.82. The first-order valence-electron chi connectivity index (χ1n) is 9.24. The van der Waals surface area contributed by atoms with Gasteiger partial charge in [-0.25, -0.2) is 4.98 Å². The summed E-state index contributed by atoms with van der Waals surface area (Å²) in [5.74, 6) is -0.00720. The lowest BCUT2D eigenvalue weighted by atomic mass is 10.2. The molecule has 0 N–H and O–H groups in total. The number of amides is 1. The zero-order chi connectivity index (χ0) is 20.0. The van der Waals surface area contributed by atoms with E-state index in [1.807, 2.05) is 34.5 Å². The van der Waals surface area contributed by atoms with Crippen LogP contribution in [0.3, 0.4) is 0 Å². The Balaban J connectivity index is 1.27. The minimum Gasteiger partial charge on any atom is -0.335 e. The Labute approximate surface area is 179 Å². The van der Waals surface area contributed by atoms with Crippen molar-refractivity contribution in [2.24, 2.45) is 0 Å². The second-order valence-electron chi connectivity index (χ2n) is 6.95. The van der Waals surface area contributed by atoms with Gasteiger partial charge in [0.15, 0.2) is 4.96 Å². The average Bonchev–Trinajstić information content (AvgIpc) is 3.33. The minimum atomic E-state index is -0.0560. The number of aromatic nitrogens is 2. The van der Waals surface area contributed by atoms with Crippen molar-refractivity contribution >= 4 is 55.2 Å². The van der Waals surface area contributed by atoms with Crippen LogP contribution in [0.5, 0.6) is 0 Å². The molecule has 6 nitrogen and oxygen atoms in total. The molecular formula is C20H17ClN4O2S2. The van der Waals surface area contributed by atoms with Gasteiger partial charge < -0.3 is 4.90 Å². The standard InChI is InChI=1S/C20H17ClN4O2S2/c21-17-14-3-1-2-4-15(14)29-18(17)19(27)24-7-5-23(6-8-24)12-13-11-16(26)25-9-10-28-20(25)22-13/h1-4,9-11H,5-8,12H2. The summed E-state index contributed by atoms with van der Waals surface area (Å²) in [7, 11) is 0. The van der Waals surface area contributed by atoms with Crippen molar-refractivity contribution in [2.75, 3.05) is 26.2 Å². The molecule has 1 amide bonds. The fraction of sp³-hybridized carbons (Fsp3) is 0.250. The first-order valence-corrected chi connectivity index (χ1v) is 11.3. The Kier molecular flexibility index (Phi) is 4.87. The van der Waals surface area contributed by atoms with E-state index < -0.39 is 0 Å². The van der Waals surface area contributed by atoms with Gasteiger partial charge >= 0.3 is 0 Å². The molecule has 3 aromatic heterocycles. The Bertz CT molecular complexity index is 1270. The smallest absolute Gasteiger partial charge is 0.265 e. The zero-order valence-electron chi connectivity index (χ0n) is 15.4. The molecule has 0 saturated carbocycles. The molecule has 1 aliphatic rings. The van der Waals surface area contributed by atoms with Crippen LogP contribution in [0.4, 0.5) is 0 Å². The predicted molar refractivity (Wildman–Crippen MR) is 117 cm³/mol. The number of rotatable bonds is 3. The van der Waals surface area contributed by atoms with E-state index in [2.05, 4.69) is 9.88 Å². The summed E-state index contributed by atoms with van der Waals surface area (Å²) in [6.07, 6.45) is 1.74. The first kappa shape index (κ1) is 18.7. The molecule has 0 aliphatic carbocycles. The highest BCUT2D eigenvalue weighted by Gasteiger charge is 2.26. The molecule has 4 aromatic rings. The van der Waals surface area contributed by atoms with Crippen LogP contribution in [-0.2, 0) is 6.54 Å². The summed E-state index contributed by atoms with van der Waals surface area (Å²) in [5, 5.41) is 3.34. The van der Waals surface area contributed by atoms with Gasteiger partial charge in [-0.15, -0.1) is 22.7 Å². The van der Waals surface area contributed by atoms with Crippen LogP contribution in [0.1, 0.15) is 15.4 Å². The van der Waals surface area contributed by atoms with Crippen molar-refractivity contribution in [2.45, 2.75) is 6.54 Å². The monoisotopic (exact) mass is 444 g/mol. The number of thiophene rings is 1. The third-order valence-electron chi connectivity index (χ3n) is 5.13. The lowest BCUT2D eigenvalue weighted by molar-refractivity contribution is 0.0632. The summed E-state index contributed by atoms with van der Waals surface area (Å²) in [5.41, 5.74) is 0.712. The summed E-state index contributed by atoms with van der Waals surface area (Å²) < 4.78 is 2.58. The van der Waals surface area contributed by atoms with Gasteiger partial charge in [0.2, 0.25) is 0 Å². The van der Waals surface area contributed by atoms with E-state index in [1.54, 1.807) is 16.7 Å². The number of carbonyl (C=O) groups is 1. The van der Waals surface area contributed by atoms with E-state index in [0.29, 0.717) is 34.5 Å². The quantitative estimate of drug-likeness (QED) is 0.484. The van der Waals surface area contributed by atoms with Gasteiger partial charge in [0.05, 0.1) is 10.7 Å². The van der Waals surface area contributed by atoms with Crippen molar-refractivity contribution < 1.29 is 4.79 Å². The summed E-state index contributed by atoms with van der Waals surface area (Å²) in [6, 6.07) is 9.41. The molecule has 148 valence electrons. The van der Waals surface area contributed by atoms with E-state index >= 15 is 0 Å². The molecule has 1 fully saturated rings. The van der Waals surface area contributed by atoms with Crippen LogP contribution in [0.2, 0.25) is 5.02 Å². The molecule has 0 radical (unpaired) electrons. The fourth-order valence-electron chi connectivity index (χ4n) is 3.60. The first-order chi connectivity index (χ1) is 14.1. The Morgan fingerprint density at radius 2 is 1.97 bits per heavy atom. The molecule has 0 spiro atoms. The number of carbonyl (C=O) groups excluding carboxylic acids is 1. The highest BCUT2D eigenvalue weighted by molar-refractivity contribution is 7.21. The average molecular weight is 445 g/mol. The molecule has 1 aliphatic heterocycles. The lowest BCUT2D eigenvalue weighted by Crippen LogP contribution is -2.48. The molecule has 0 atom stereocenters. The third kappa shape index (κ3) is 3.46. The summed E-state index contributed by atoms with van der Waals surface area (Å²) in [6.45, 7) is 3.34. The summed E-state index contributed by atoms with van der Waals surface area (Å²) >= 11 is 9.38. The predicted octanol–water partition coefficient (Wildman–Crippen LogP) is 3.58. The number of fused-ring (bicyclic) bond motifs is 2. The molecule has 29 heavy (non-hydrogen) atoms. The molecule has 9 heteroatoms. The Morgan fingerprint density at radius 1 is 1.17 bits per heavy atom. The van der Waals surface area contributed by atoms with Crippen molar-refractivity contribution in [1.82, 2.24) is 19.2 Å². The maximum absolute atomic E-state index is 13.0. The molecule has 1 aromatic carbocycles. The number of hydrogen-bond acceptors (Lipinski definition) is 6. The minimum absolute atomic E-state index is 0.00720. The third-order valence-corrected chi connectivity index (χ3v) is 7.55. The van der Waals surface area contributed by atoms with Crippen LogP contribution in [0.25, 0.3) is 15.0 Å². The van der Waals surface area contributed by atoms with Crippen molar-refractivity contribution in [3.8, 4) is 0 Å². The molecule has 0 unspecified atom stereocenters. The summed E-state index contributed by atoms with van der Waals surface area (Å²) in [4.78, 5) is 35.1. The van der Waals surface area contributed by atoms with Crippen molar-refractivity contribution in [3.05, 3.63) is 67.9 Å². The topological polar surface area (TPSA) is 57.9 Å². The highest BCUT2D eigenvalue weighted by Crippen LogP contribution is 2.36. The number of piperazine rings is 1. The van der Waals surface area contributed by atoms with Gasteiger partial charge in [-0.1, -0.05) is 29.8 Å². The Hall–Kier alpha value is -2.26. The maximum Gasteiger partial charge on any atom is 0.265 e. The second-order valence-corrected chi connectivity index (χ2v) is 9.25. The molecule has 1 saturated heterocycles. The van der Waals surface area contributed by atoms with Gasteiger partial charge in [-0.05, 0) is 6.07 Å². The van der Waals surface area contributed by atoms with Gasteiger partial charge in [0, 0.05) is 60.5 Å². The molecule has 5 rings (SSSR count). The number of thiazole rings is 1. The normalized spacial score (nSPS) is 15.4. The largest absolute Gasteiger partial charge is 0.335 e. The zero-order valence-corrected chi connectivity index (χ0v) is 17.8. The molecule has 4 heterocycles. The van der Waals surface area contributed by atoms with Crippen LogP contribution >= 0.6 is 34.3 Å². The van der Waals surface area contributed by atoms with E-state index in [0.717, 1.165) is 28.9 Å². The van der Waals surface area contributed by atoms with E-state index in [-0.39, 0.29) is 11.5 Å². The molecular weight excluding hydrogens is 428 g/mol. The van der Waals surface area contributed by atoms with Crippen molar-refractivity contribution in [1.29, 1.82) is 0 Å². The number of halogens is 1. The second kappa shape index (κ2) is 7.53. The van der Waals surface area contributed by atoms with Gasteiger partial charge in [-0.3, -0.25) is 18.9 Å². The number of hydrogen-bond donors (Lipinski definition) is 0. The van der Waals surface area contributed by atoms with E-state index in [4.69, 9.17) is 11.6 Å².